The van der Waals surface area contributed by atoms with Crippen LogP contribution in [0.15, 0.2) is 41.2 Å². The van der Waals surface area contributed by atoms with E-state index in [1.165, 1.54) is 18.2 Å². The van der Waals surface area contributed by atoms with Crippen molar-refractivity contribution in [2.24, 2.45) is 0 Å². The van der Waals surface area contributed by atoms with Crippen molar-refractivity contribution < 1.29 is 44.8 Å². The zero-order valence-corrected chi connectivity index (χ0v) is 18.8. The van der Waals surface area contributed by atoms with Crippen LogP contribution in [-0.2, 0) is 23.9 Å². The maximum atomic E-state index is 13.0. The van der Waals surface area contributed by atoms with E-state index >= 15 is 0 Å². The van der Waals surface area contributed by atoms with Crippen molar-refractivity contribution in [2.75, 3.05) is 12.4 Å². The Morgan fingerprint density at radius 1 is 1.08 bits per heavy atom. The number of hydrogen-bond donors (Lipinski definition) is 6. The third-order valence-corrected chi connectivity index (χ3v) is 5.07. The number of carbonyl (C=O) groups excluding carboxylic acids is 4. The van der Waals surface area contributed by atoms with Gasteiger partial charge in [0.1, 0.15) is 17.3 Å². The average Bonchev–Trinajstić information content (AvgIpc) is 2.83. The van der Waals surface area contributed by atoms with Crippen molar-refractivity contribution in [3.63, 3.8) is 0 Å². The van der Waals surface area contributed by atoms with Gasteiger partial charge in [0, 0.05) is 11.1 Å². The lowest BCUT2D eigenvalue weighted by molar-refractivity contribution is -0.996. The summed E-state index contributed by atoms with van der Waals surface area (Å²) in [7, 11) is 0.838. The lowest BCUT2D eigenvalue weighted by Crippen LogP contribution is -3.00. The Balaban J connectivity index is 2.06. The molecule has 3 atom stereocenters. The van der Waals surface area contributed by atoms with Crippen LogP contribution in [0.5, 0.6) is 0 Å². The Kier molecular flexibility index (Phi) is 7.86. The minimum absolute atomic E-state index is 0.0716. The summed E-state index contributed by atoms with van der Waals surface area (Å²) in [6, 6.07) is 6.72. The first-order valence-electron chi connectivity index (χ1n) is 9.72. The summed E-state index contributed by atoms with van der Waals surface area (Å²) >= 11 is 5.87. The van der Waals surface area contributed by atoms with Gasteiger partial charge >= 0.3 is 5.97 Å². The van der Waals surface area contributed by atoms with Crippen molar-refractivity contribution in [3.8, 4) is 0 Å². The summed E-state index contributed by atoms with van der Waals surface area (Å²) in [6.45, 7) is 0. The highest BCUT2D eigenvalue weighted by Crippen LogP contribution is 2.23. The first-order valence-corrected chi connectivity index (χ1v) is 10.1. The van der Waals surface area contributed by atoms with Gasteiger partial charge in [-0.15, -0.1) is 0 Å². The van der Waals surface area contributed by atoms with E-state index in [1.54, 1.807) is 0 Å². The molecule has 3 unspecified atom stereocenters. The van der Waals surface area contributed by atoms with Crippen molar-refractivity contribution in [2.45, 2.75) is 5.92 Å². The number of quaternary nitrogens is 2. The molecule has 2 aromatic carbocycles. The molecule has 16 heteroatoms. The third-order valence-electron chi connectivity index (χ3n) is 4.83. The van der Waals surface area contributed by atoms with Crippen LogP contribution in [0, 0.1) is 10.4 Å². The number of halogens is 1. The zero-order chi connectivity index (χ0) is 26.7. The number of nitrogens with one attached hydrogen (secondary N) is 4. The molecule has 0 aliphatic carbocycles. The van der Waals surface area contributed by atoms with Crippen LogP contribution in [0.25, 0.3) is 11.0 Å². The fourth-order valence-corrected chi connectivity index (χ4v) is 3.30. The number of aromatic amines is 1. The van der Waals surface area contributed by atoms with Gasteiger partial charge in [-0.25, -0.2) is 20.2 Å². The van der Waals surface area contributed by atoms with Gasteiger partial charge < -0.3 is 25.5 Å². The number of carbonyl (C=O) groups is 4. The number of ketones is 2. The van der Waals surface area contributed by atoms with Crippen LogP contribution in [-0.4, -0.2) is 50.9 Å². The van der Waals surface area contributed by atoms with Crippen LogP contribution in [0.3, 0.4) is 0 Å². The highest BCUT2D eigenvalue weighted by Gasteiger charge is 2.41. The third kappa shape index (κ3) is 5.42. The lowest BCUT2D eigenvalue weighted by atomic mass is 9.94. The monoisotopic (exact) mass is 521 g/mol. The van der Waals surface area contributed by atoms with Gasteiger partial charge in [-0.2, -0.15) is 10.5 Å². The van der Waals surface area contributed by atoms with Crippen LogP contribution >= 0.6 is 11.6 Å². The fourth-order valence-electron chi connectivity index (χ4n) is 3.13. The Labute approximate surface area is 204 Å². The number of amides is 1. The minimum Gasteiger partial charge on any atom is -0.595 e. The van der Waals surface area contributed by atoms with Gasteiger partial charge in [-0.1, -0.05) is 11.6 Å². The number of nitrogens with zero attached hydrogens (tertiary/aromatic N) is 1. The molecule has 3 rings (SSSR count). The number of benzene rings is 2. The fraction of sp³-hybridized carbons (Fsp3) is 0.100. The normalized spacial score (nSPS) is 13.5. The summed E-state index contributed by atoms with van der Waals surface area (Å²) in [4.78, 5) is 69.3. The first-order chi connectivity index (χ1) is 16.9. The second kappa shape index (κ2) is 10.7. The van der Waals surface area contributed by atoms with Crippen LogP contribution in [0.1, 0.15) is 11.6 Å². The molecule has 0 saturated heterocycles. The molecule has 15 nitrogen and oxygen atoms in total. The molecule has 1 heterocycles. The Morgan fingerprint density at radius 2 is 1.78 bits per heavy atom. The average molecular weight is 522 g/mol. The number of fused-ring (bicyclic) bond motifs is 1. The number of aromatic nitrogens is 2. The topological polar surface area (TPSA) is 231 Å². The van der Waals surface area contributed by atoms with Crippen molar-refractivity contribution in [3.05, 3.63) is 67.9 Å². The maximum absolute atomic E-state index is 13.0. The predicted molar refractivity (Wildman–Crippen MR) is 119 cm³/mol. The minimum atomic E-state index is -2.34. The number of methoxy groups -OCH3 is 1. The molecule has 0 aliphatic heterocycles. The number of rotatable bonds is 8. The Hall–Kier alpha value is -4.09. The largest absolute Gasteiger partial charge is 0.595 e. The van der Waals surface area contributed by atoms with Gasteiger partial charge in [-0.05, 0) is 24.3 Å². The SMILES string of the molecule is COC(=O)C(=O)C(C(=O)C(=O)Nc1ccc([NH+]([O-])O)cc1[NH+]([O-])O)c1nc2ccc(Cl)cc2[nH]c1=O. The maximum Gasteiger partial charge on any atom is 0.375 e. The van der Waals surface area contributed by atoms with Crippen molar-refractivity contribution in [1.29, 1.82) is 0 Å². The second-order valence-corrected chi connectivity index (χ2v) is 7.53. The van der Waals surface area contributed by atoms with Crippen LogP contribution < -0.4 is 21.3 Å². The van der Waals surface area contributed by atoms with E-state index in [0.717, 1.165) is 25.3 Å². The first kappa shape index (κ1) is 26.5. The number of Topliss-reactive ketones (excluding diaryl/α,β-unsaturated/α-hetero) is 2. The molecule has 188 valence electrons. The molecule has 3 aromatic rings. The second-order valence-electron chi connectivity index (χ2n) is 7.09. The molecule has 0 bridgehead atoms. The summed E-state index contributed by atoms with van der Waals surface area (Å²) in [6.07, 6.45) is 0. The van der Waals surface area contributed by atoms with E-state index < -0.39 is 68.1 Å². The Bertz CT molecular complexity index is 1440. The van der Waals surface area contributed by atoms with E-state index in [0.29, 0.717) is 0 Å². The number of hydrogen-bond acceptors (Lipinski definition) is 11. The molecule has 0 saturated carbocycles. The van der Waals surface area contributed by atoms with E-state index in [9.17, 15) is 39.6 Å². The van der Waals surface area contributed by atoms with Crippen LogP contribution in [0.4, 0.5) is 17.1 Å². The molecule has 1 amide bonds. The molecule has 36 heavy (non-hydrogen) atoms. The van der Waals surface area contributed by atoms with E-state index in [-0.39, 0.29) is 16.1 Å². The smallest absolute Gasteiger partial charge is 0.375 e. The Morgan fingerprint density at radius 3 is 2.39 bits per heavy atom. The summed E-state index contributed by atoms with van der Waals surface area (Å²) < 4.78 is 4.33. The van der Waals surface area contributed by atoms with Gasteiger partial charge in [0.05, 0.1) is 24.2 Å². The molecule has 1 aromatic heterocycles. The van der Waals surface area contributed by atoms with Gasteiger partial charge in [0.25, 0.3) is 17.2 Å². The zero-order valence-electron chi connectivity index (χ0n) is 18.0. The number of esters is 1. The molecule has 6 N–H and O–H groups in total. The number of anilines is 1. The summed E-state index contributed by atoms with van der Waals surface area (Å²) in [5.41, 5.74) is -3.23. The van der Waals surface area contributed by atoms with E-state index in [4.69, 9.17) is 16.8 Å². The van der Waals surface area contributed by atoms with E-state index in [1.807, 2.05) is 5.32 Å². The molecular weight excluding hydrogens is 506 g/mol. The lowest BCUT2D eigenvalue weighted by Gasteiger charge is -2.19. The summed E-state index contributed by atoms with van der Waals surface area (Å²) in [5.74, 6) is -8.68. The van der Waals surface area contributed by atoms with Gasteiger partial charge in [-0.3, -0.25) is 19.2 Å². The van der Waals surface area contributed by atoms with Crippen molar-refractivity contribution >= 4 is 63.1 Å². The highest BCUT2D eigenvalue weighted by molar-refractivity contribution is 6.52. The summed E-state index contributed by atoms with van der Waals surface area (Å²) in [5, 5.41) is 40.2. The quantitative estimate of drug-likeness (QED) is 0.0856. The van der Waals surface area contributed by atoms with Crippen molar-refractivity contribution in [1.82, 2.24) is 9.97 Å². The molecule has 0 aliphatic rings. The van der Waals surface area contributed by atoms with Crippen LogP contribution in [0.2, 0.25) is 5.02 Å². The molecule has 0 fully saturated rings. The molecule has 0 spiro atoms. The number of ether oxygens (including phenoxy) is 1. The van der Waals surface area contributed by atoms with Gasteiger partial charge in [0.2, 0.25) is 5.78 Å². The van der Waals surface area contributed by atoms with Gasteiger partial charge in [0.15, 0.2) is 11.4 Å². The molecular formula is C20H16ClN5O10. The highest BCUT2D eigenvalue weighted by atomic mass is 35.5. The number of H-pyrrole nitrogens is 1. The predicted octanol–water partition coefficient (Wildman–Crippen LogP) is -1.58. The molecule has 0 radical (unpaired) electrons. The van der Waals surface area contributed by atoms with E-state index in [2.05, 4.69) is 14.7 Å². The standard InChI is InChI=1S/C20H16ClN5O10/c1-36-20(31)17(28)14(15-18(29)24-12-6-8(21)2-4-10(12)22-15)16(27)19(30)23-11-5-3-9(25(32)33)7-13(11)26(34)35/h2-7,14,25-26,32,34H,1H3,(H,23,30)(H,24,29).